The van der Waals surface area contributed by atoms with E-state index in [-0.39, 0.29) is 18.3 Å². The van der Waals surface area contributed by atoms with E-state index < -0.39 is 5.41 Å². The van der Waals surface area contributed by atoms with Crippen molar-refractivity contribution >= 4 is 39.9 Å². The number of ether oxygens (including phenoxy) is 1. The van der Waals surface area contributed by atoms with Crippen molar-refractivity contribution in [1.29, 1.82) is 0 Å². The Morgan fingerprint density at radius 1 is 1.21 bits per heavy atom. The van der Waals surface area contributed by atoms with Gasteiger partial charge in [-0.2, -0.15) is 0 Å². The molecule has 2 aromatic carbocycles. The number of rotatable bonds is 6. The highest BCUT2D eigenvalue weighted by Crippen LogP contribution is 2.27. The van der Waals surface area contributed by atoms with Gasteiger partial charge in [-0.15, -0.1) is 12.4 Å². The van der Waals surface area contributed by atoms with E-state index in [1.165, 1.54) is 0 Å². The van der Waals surface area contributed by atoms with Gasteiger partial charge in [0.15, 0.2) is 0 Å². The van der Waals surface area contributed by atoms with Crippen LogP contribution in [0.4, 0.5) is 5.69 Å². The van der Waals surface area contributed by atoms with Gasteiger partial charge in [0.1, 0.15) is 12.4 Å². The molecular formula is C18H22BrClN2O2. The van der Waals surface area contributed by atoms with Gasteiger partial charge in [0.25, 0.3) is 0 Å². The van der Waals surface area contributed by atoms with Crippen molar-refractivity contribution in [2.45, 2.75) is 19.3 Å². The van der Waals surface area contributed by atoms with Crippen LogP contribution >= 0.6 is 28.3 Å². The highest BCUT2D eigenvalue weighted by molar-refractivity contribution is 9.10. The molecule has 4 nitrogen and oxygen atoms in total. The van der Waals surface area contributed by atoms with Crippen molar-refractivity contribution in [1.82, 2.24) is 0 Å². The van der Waals surface area contributed by atoms with Gasteiger partial charge in [-0.3, -0.25) is 4.79 Å². The largest absolute Gasteiger partial charge is 0.492 e. The first-order valence-corrected chi connectivity index (χ1v) is 8.23. The van der Waals surface area contributed by atoms with E-state index in [9.17, 15) is 4.79 Å². The number of hydrogen-bond acceptors (Lipinski definition) is 3. The summed E-state index contributed by atoms with van der Waals surface area (Å²) in [6.45, 7) is 4.76. The van der Waals surface area contributed by atoms with Crippen LogP contribution in [0.1, 0.15) is 19.4 Å². The highest BCUT2D eigenvalue weighted by Gasteiger charge is 2.29. The summed E-state index contributed by atoms with van der Waals surface area (Å²) in [5.74, 6) is 0.672. The quantitative estimate of drug-likeness (QED) is 0.748. The fraction of sp³-hybridized carbons (Fsp3) is 0.278. The molecule has 3 N–H and O–H groups in total. The fourth-order valence-electron chi connectivity index (χ4n) is 2.11. The number of anilines is 1. The van der Waals surface area contributed by atoms with Crippen LogP contribution in [0, 0.1) is 0 Å². The maximum atomic E-state index is 12.6. The standard InChI is InChI=1S/C18H21BrN2O2.ClH/c1-18(2,13-4-3-5-14(19)12-13)17(22)21-15-6-8-16(9-7-15)23-11-10-20;/h3-9,12H,10-11,20H2,1-2H3,(H,21,22);1H. The summed E-state index contributed by atoms with van der Waals surface area (Å²) in [6.07, 6.45) is 0. The molecule has 6 heteroatoms. The monoisotopic (exact) mass is 412 g/mol. The molecule has 0 atom stereocenters. The highest BCUT2D eigenvalue weighted by atomic mass is 79.9. The van der Waals surface area contributed by atoms with Crippen molar-refractivity contribution in [2.75, 3.05) is 18.5 Å². The Morgan fingerprint density at radius 2 is 1.88 bits per heavy atom. The molecule has 2 rings (SSSR count). The molecule has 0 unspecified atom stereocenters. The summed E-state index contributed by atoms with van der Waals surface area (Å²) >= 11 is 3.44. The molecule has 0 saturated carbocycles. The van der Waals surface area contributed by atoms with Gasteiger partial charge in [-0.1, -0.05) is 28.1 Å². The molecule has 0 aliphatic heterocycles. The first kappa shape index (κ1) is 20.5. The first-order valence-electron chi connectivity index (χ1n) is 7.44. The second-order valence-electron chi connectivity index (χ2n) is 5.75. The smallest absolute Gasteiger partial charge is 0.234 e. The third-order valence-electron chi connectivity index (χ3n) is 3.61. The lowest BCUT2D eigenvalue weighted by molar-refractivity contribution is -0.120. The average molecular weight is 414 g/mol. The molecule has 0 fully saturated rings. The predicted molar refractivity (Wildman–Crippen MR) is 104 cm³/mol. The predicted octanol–water partition coefficient (Wildman–Crippen LogP) is 4.12. The zero-order valence-corrected chi connectivity index (χ0v) is 16.1. The maximum Gasteiger partial charge on any atom is 0.234 e. The SMILES string of the molecule is CC(C)(C(=O)Nc1ccc(OCCN)cc1)c1cccc(Br)c1.Cl. The lowest BCUT2D eigenvalue weighted by Crippen LogP contribution is -2.34. The summed E-state index contributed by atoms with van der Waals surface area (Å²) in [4.78, 5) is 12.6. The molecule has 24 heavy (non-hydrogen) atoms. The molecule has 0 aromatic heterocycles. The van der Waals surface area contributed by atoms with Gasteiger partial charge in [-0.05, 0) is 55.8 Å². The summed E-state index contributed by atoms with van der Waals surface area (Å²) < 4.78 is 6.38. The Hall–Kier alpha value is -1.56. The summed E-state index contributed by atoms with van der Waals surface area (Å²) in [5.41, 5.74) is 6.45. The zero-order valence-electron chi connectivity index (χ0n) is 13.7. The number of benzene rings is 2. The second-order valence-corrected chi connectivity index (χ2v) is 6.67. The Bertz CT molecular complexity index is 675. The molecule has 2 aromatic rings. The van der Waals surface area contributed by atoms with Gasteiger partial charge in [0.05, 0.1) is 5.41 Å². The number of nitrogens with two attached hydrogens (primary N) is 1. The van der Waals surface area contributed by atoms with Crippen LogP contribution in [0.25, 0.3) is 0 Å². The van der Waals surface area contributed by atoms with Gasteiger partial charge in [0, 0.05) is 16.7 Å². The van der Waals surface area contributed by atoms with E-state index in [1.807, 2.05) is 62.4 Å². The normalized spacial score (nSPS) is 10.7. The van der Waals surface area contributed by atoms with Gasteiger partial charge < -0.3 is 15.8 Å². The Kier molecular flexibility index (Phi) is 7.73. The van der Waals surface area contributed by atoms with Crippen LogP contribution in [-0.4, -0.2) is 19.1 Å². The lowest BCUT2D eigenvalue weighted by atomic mass is 9.83. The fourth-order valence-corrected chi connectivity index (χ4v) is 2.51. The van der Waals surface area contributed by atoms with Crippen LogP contribution in [0.15, 0.2) is 53.0 Å². The third kappa shape index (κ3) is 5.23. The topological polar surface area (TPSA) is 64.3 Å². The van der Waals surface area contributed by atoms with Gasteiger partial charge >= 0.3 is 0 Å². The van der Waals surface area contributed by atoms with E-state index in [0.29, 0.717) is 13.2 Å². The maximum absolute atomic E-state index is 12.6. The minimum atomic E-state index is -0.640. The average Bonchev–Trinajstić information content (AvgIpc) is 2.54. The second kappa shape index (κ2) is 9.06. The molecule has 1 amide bonds. The molecule has 0 saturated heterocycles. The molecule has 0 aliphatic carbocycles. The van der Waals surface area contributed by atoms with Crippen LogP contribution < -0.4 is 15.8 Å². The Labute approximate surface area is 157 Å². The molecule has 0 radical (unpaired) electrons. The third-order valence-corrected chi connectivity index (χ3v) is 4.11. The minimum absolute atomic E-state index is 0. The van der Waals surface area contributed by atoms with E-state index in [2.05, 4.69) is 21.2 Å². The lowest BCUT2D eigenvalue weighted by Gasteiger charge is -2.24. The Morgan fingerprint density at radius 3 is 2.46 bits per heavy atom. The van der Waals surface area contributed by atoms with Crippen LogP contribution in [0.3, 0.4) is 0 Å². The van der Waals surface area contributed by atoms with E-state index in [1.54, 1.807) is 0 Å². The van der Waals surface area contributed by atoms with Crippen molar-refractivity contribution < 1.29 is 9.53 Å². The zero-order chi connectivity index (χ0) is 16.9. The number of amides is 1. The van der Waals surface area contributed by atoms with E-state index in [4.69, 9.17) is 10.5 Å². The molecular weight excluding hydrogens is 392 g/mol. The van der Waals surface area contributed by atoms with Gasteiger partial charge in [-0.25, -0.2) is 0 Å². The van der Waals surface area contributed by atoms with Crippen molar-refractivity contribution in [3.63, 3.8) is 0 Å². The molecule has 0 bridgehead atoms. The number of halogens is 2. The van der Waals surface area contributed by atoms with Gasteiger partial charge in [0.2, 0.25) is 5.91 Å². The Balaban J connectivity index is 0.00000288. The molecule has 0 aliphatic rings. The minimum Gasteiger partial charge on any atom is -0.492 e. The summed E-state index contributed by atoms with van der Waals surface area (Å²) in [6, 6.07) is 15.1. The molecule has 0 heterocycles. The number of nitrogens with one attached hydrogen (secondary N) is 1. The van der Waals surface area contributed by atoms with Crippen LogP contribution in [0.2, 0.25) is 0 Å². The number of carbonyl (C=O) groups is 1. The van der Waals surface area contributed by atoms with Crippen LogP contribution in [0.5, 0.6) is 5.75 Å². The number of carbonyl (C=O) groups excluding carboxylic acids is 1. The van der Waals surface area contributed by atoms with E-state index >= 15 is 0 Å². The first-order chi connectivity index (χ1) is 10.9. The van der Waals surface area contributed by atoms with Crippen molar-refractivity contribution in [2.24, 2.45) is 5.73 Å². The van der Waals surface area contributed by atoms with Crippen LogP contribution in [-0.2, 0) is 10.2 Å². The van der Waals surface area contributed by atoms with Crippen molar-refractivity contribution in [3.8, 4) is 5.75 Å². The summed E-state index contributed by atoms with van der Waals surface area (Å²) in [5, 5.41) is 2.95. The molecule has 0 spiro atoms. The van der Waals surface area contributed by atoms with E-state index in [0.717, 1.165) is 21.5 Å². The van der Waals surface area contributed by atoms with Crippen molar-refractivity contribution in [3.05, 3.63) is 58.6 Å². The number of hydrogen-bond donors (Lipinski definition) is 2. The molecule has 130 valence electrons. The summed E-state index contributed by atoms with van der Waals surface area (Å²) in [7, 11) is 0.